The molecular weight excluding hydrogens is 146 g/mol. The Hall–Kier alpha value is -1.11. The molecule has 0 radical (unpaired) electrons. The predicted octanol–water partition coefficient (Wildman–Crippen LogP) is 3.16. The van der Waals surface area contributed by atoms with E-state index >= 15 is 0 Å². The van der Waals surface area contributed by atoms with Crippen molar-refractivity contribution in [2.24, 2.45) is 4.99 Å². The van der Waals surface area contributed by atoms with Gasteiger partial charge in [-0.25, -0.2) is 0 Å². The van der Waals surface area contributed by atoms with Gasteiger partial charge in [-0.05, 0) is 19.4 Å². The maximum Gasteiger partial charge on any atom is 0.0277 e. The van der Waals surface area contributed by atoms with Gasteiger partial charge in [0.25, 0.3) is 0 Å². The molecule has 0 unspecified atom stereocenters. The van der Waals surface area contributed by atoms with Crippen LogP contribution in [0.3, 0.4) is 0 Å². The van der Waals surface area contributed by atoms with Crippen LogP contribution >= 0.6 is 0 Å². The highest BCUT2D eigenvalue weighted by atomic mass is 14.6. The van der Waals surface area contributed by atoms with E-state index < -0.39 is 0 Å². The Bertz CT molecular complexity index is 207. The third-order valence-electron chi connectivity index (χ3n) is 1.33. The van der Waals surface area contributed by atoms with Crippen molar-refractivity contribution in [3.8, 4) is 0 Å². The summed E-state index contributed by atoms with van der Waals surface area (Å²) in [5.41, 5.74) is 1.24. The SMILES string of the molecule is CC\C=C/C=C(C)/C=C\C=NC. The lowest BCUT2D eigenvalue weighted by atomic mass is 10.2. The second-order valence-electron chi connectivity index (χ2n) is 2.51. The normalized spacial score (nSPS) is 14.1. The lowest BCUT2D eigenvalue weighted by Crippen LogP contribution is -1.68. The smallest absolute Gasteiger partial charge is 0.0277 e. The monoisotopic (exact) mass is 163 g/mol. The van der Waals surface area contributed by atoms with Crippen molar-refractivity contribution in [2.45, 2.75) is 20.3 Å². The molecule has 0 heterocycles. The van der Waals surface area contributed by atoms with E-state index in [9.17, 15) is 0 Å². The van der Waals surface area contributed by atoms with Gasteiger partial charge in [-0.1, -0.05) is 36.8 Å². The highest BCUT2D eigenvalue weighted by Crippen LogP contribution is 1.94. The van der Waals surface area contributed by atoms with Gasteiger partial charge < -0.3 is 0 Å². The third-order valence-corrected chi connectivity index (χ3v) is 1.33. The number of allylic oxidation sites excluding steroid dienone is 6. The van der Waals surface area contributed by atoms with Gasteiger partial charge >= 0.3 is 0 Å². The maximum absolute atomic E-state index is 3.85. The van der Waals surface area contributed by atoms with Crippen LogP contribution in [0.2, 0.25) is 0 Å². The van der Waals surface area contributed by atoms with Crippen molar-refractivity contribution in [2.75, 3.05) is 7.05 Å². The minimum Gasteiger partial charge on any atom is -0.297 e. The number of hydrogen-bond donors (Lipinski definition) is 0. The summed E-state index contributed by atoms with van der Waals surface area (Å²) < 4.78 is 0. The van der Waals surface area contributed by atoms with Gasteiger partial charge in [0.05, 0.1) is 0 Å². The van der Waals surface area contributed by atoms with E-state index in [4.69, 9.17) is 0 Å². The van der Waals surface area contributed by atoms with Gasteiger partial charge in [-0.3, -0.25) is 4.99 Å². The predicted molar refractivity (Wildman–Crippen MR) is 56.7 cm³/mol. The van der Waals surface area contributed by atoms with Crippen LogP contribution < -0.4 is 0 Å². The first-order valence-electron chi connectivity index (χ1n) is 4.23. The van der Waals surface area contributed by atoms with Crippen LogP contribution in [-0.4, -0.2) is 13.3 Å². The van der Waals surface area contributed by atoms with Crippen molar-refractivity contribution in [1.29, 1.82) is 0 Å². The van der Waals surface area contributed by atoms with Crippen molar-refractivity contribution in [3.05, 3.63) is 36.0 Å². The second-order valence-corrected chi connectivity index (χ2v) is 2.51. The van der Waals surface area contributed by atoms with Crippen LogP contribution in [-0.2, 0) is 0 Å². The second kappa shape index (κ2) is 7.99. The van der Waals surface area contributed by atoms with Gasteiger partial charge in [0.15, 0.2) is 0 Å². The van der Waals surface area contributed by atoms with Crippen molar-refractivity contribution in [3.63, 3.8) is 0 Å². The van der Waals surface area contributed by atoms with Crippen molar-refractivity contribution < 1.29 is 0 Å². The standard InChI is InChI=1S/C11H17N/c1-4-5-6-8-11(2)9-7-10-12-3/h5-10H,4H2,1-3H3/b6-5-,9-7-,11-8+,12-10?. The van der Waals surface area contributed by atoms with Crippen LogP contribution in [0.4, 0.5) is 0 Å². The summed E-state index contributed by atoms with van der Waals surface area (Å²) in [6.07, 6.45) is 13.1. The molecule has 0 bridgehead atoms. The molecule has 0 spiro atoms. The molecule has 0 atom stereocenters. The molecular formula is C11H17N. The van der Waals surface area contributed by atoms with E-state index in [-0.39, 0.29) is 0 Å². The molecule has 0 fully saturated rings. The molecule has 1 heteroatoms. The Morgan fingerprint density at radius 2 is 2.08 bits per heavy atom. The van der Waals surface area contributed by atoms with Gasteiger partial charge in [-0.15, -0.1) is 0 Å². The van der Waals surface area contributed by atoms with E-state index in [2.05, 4.69) is 37.1 Å². The zero-order valence-corrected chi connectivity index (χ0v) is 8.12. The molecule has 0 rings (SSSR count). The first-order valence-corrected chi connectivity index (χ1v) is 4.23. The van der Waals surface area contributed by atoms with Gasteiger partial charge in [0.1, 0.15) is 0 Å². The molecule has 0 aromatic heterocycles. The van der Waals surface area contributed by atoms with Crippen molar-refractivity contribution in [1.82, 2.24) is 0 Å². The Kier molecular flexibility index (Phi) is 7.25. The molecule has 0 aliphatic carbocycles. The summed E-state index contributed by atoms with van der Waals surface area (Å²) in [5, 5.41) is 0. The lowest BCUT2D eigenvalue weighted by molar-refractivity contribution is 1.22. The summed E-state index contributed by atoms with van der Waals surface area (Å²) >= 11 is 0. The van der Waals surface area contributed by atoms with E-state index in [0.717, 1.165) is 6.42 Å². The molecule has 0 aromatic rings. The first-order chi connectivity index (χ1) is 5.81. The molecule has 66 valence electrons. The molecule has 0 amide bonds. The fraction of sp³-hybridized carbons (Fsp3) is 0.364. The van der Waals surface area contributed by atoms with Crippen LogP contribution in [0.1, 0.15) is 20.3 Å². The zero-order valence-electron chi connectivity index (χ0n) is 8.12. The quantitative estimate of drug-likeness (QED) is 0.446. The maximum atomic E-state index is 3.85. The van der Waals surface area contributed by atoms with E-state index in [1.165, 1.54) is 5.57 Å². The largest absolute Gasteiger partial charge is 0.297 e. The van der Waals surface area contributed by atoms with E-state index in [1.807, 2.05) is 12.2 Å². The zero-order chi connectivity index (χ0) is 9.23. The average Bonchev–Trinajstić information content (AvgIpc) is 2.06. The first kappa shape index (κ1) is 10.9. The van der Waals surface area contributed by atoms with Crippen LogP contribution in [0, 0.1) is 0 Å². The molecule has 12 heavy (non-hydrogen) atoms. The van der Waals surface area contributed by atoms with Gasteiger partial charge in [0, 0.05) is 13.3 Å². The summed E-state index contributed by atoms with van der Waals surface area (Å²) in [7, 11) is 1.76. The topological polar surface area (TPSA) is 12.4 Å². The summed E-state index contributed by atoms with van der Waals surface area (Å²) in [4.78, 5) is 3.85. The fourth-order valence-electron chi connectivity index (χ4n) is 0.692. The number of rotatable bonds is 4. The summed E-state index contributed by atoms with van der Waals surface area (Å²) in [6, 6.07) is 0. The average molecular weight is 163 g/mol. The van der Waals surface area contributed by atoms with Crippen LogP contribution in [0.5, 0.6) is 0 Å². The molecule has 0 saturated heterocycles. The minimum absolute atomic E-state index is 1.09. The van der Waals surface area contributed by atoms with Crippen LogP contribution in [0.25, 0.3) is 0 Å². The number of hydrogen-bond acceptors (Lipinski definition) is 1. The number of nitrogens with zero attached hydrogens (tertiary/aromatic N) is 1. The molecule has 0 saturated carbocycles. The molecule has 0 N–H and O–H groups in total. The highest BCUT2D eigenvalue weighted by Gasteiger charge is 1.75. The van der Waals surface area contributed by atoms with Crippen molar-refractivity contribution >= 4 is 6.21 Å². The van der Waals surface area contributed by atoms with Gasteiger partial charge in [-0.2, -0.15) is 0 Å². The Morgan fingerprint density at radius 3 is 2.67 bits per heavy atom. The van der Waals surface area contributed by atoms with Gasteiger partial charge in [0.2, 0.25) is 0 Å². The molecule has 1 nitrogen and oxygen atoms in total. The Labute approximate surface area is 75.2 Å². The van der Waals surface area contributed by atoms with Crippen LogP contribution in [0.15, 0.2) is 40.9 Å². The Morgan fingerprint density at radius 1 is 1.33 bits per heavy atom. The summed E-state index contributed by atoms with van der Waals surface area (Å²) in [6.45, 7) is 4.19. The minimum atomic E-state index is 1.09. The highest BCUT2D eigenvalue weighted by molar-refractivity contribution is 5.71. The van der Waals surface area contributed by atoms with E-state index in [0.29, 0.717) is 0 Å². The summed E-state index contributed by atoms with van der Waals surface area (Å²) in [5.74, 6) is 0. The lowest BCUT2D eigenvalue weighted by Gasteiger charge is -1.85. The molecule has 0 aliphatic heterocycles. The van der Waals surface area contributed by atoms with E-state index in [1.54, 1.807) is 13.3 Å². The number of aliphatic imine (C=N–C) groups is 1. The third kappa shape index (κ3) is 7.00. The molecule has 0 aromatic carbocycles. The molecule has 0 aliphatic rings. The fourth-order valence-corrected chi connectivity index (χ4v) is 0.692. The Balaban J connectivity index is 3.93.